The van der Waals surface area contributed by atoms with Gasteiger partial charge in [0.15, 0.2) is 0 Å². The summed E-state index contributed by atoms with van der Waals surface area (Å²) in [6.07, 6.45) is 3.65. The van der Waals surface area contributed by atoms with E-state index in [0.717, 1.165) is 24.6 Å². The molecule has 0 nitrogen and oxygen atoms in total. The van der Waals surface area contributed by atoms with Gasteiger partial charge in [-0.3, -0.25) is 0 Å². The average Bonchev–Trinajstić information content (AvgIpc) is 2.24. The molecule has 0 spiro atoms. The predicted molar refractivity (Wildman–Crippen MR) is 63.5 cm³/mol. The number of halogens is 3. The zero-order chi connectivity index (χ0) is 12.0. The molecule has 0 heterocycles. The van der Waals surface area contributed by atoms with Crippen LogP contribution >= 0.6 is 11.8 Å². The van der Waals surface area contributed by atoms with Gasteiger partial charge in [-0.2, -0.15) is 13.2 Å². The van der Waals surface area contributed by atoms with Gasteiger partial charge in [0.05, 0.1) is 4.91 Å². The normalized spacial score (nSPS) is 20.1. The molecule has 0 aliphatic heterocycles. The lowest BCUT2D eigenvalue weighted by Crippen LogP contribution is -2.11. The third-order valence-corrected chi connectivity index (χ3v) is 3.94. The smallest absolute Gasteiger partial charge is 0.166 e. The number of hydrogen-bond acceptors (Lipinski definition) is 1. The predicted octanol–water partition coefficient (Wildman–Crippen LogP) is 5.16. The molecule has 94 valence electrons. The van der Waals surface area contributed by atoms with Crippen molar-refractivity contribution < 1.29 is 13.2 Å². The van der Waals surface area contributed by atoms with Gasteiger partial charge in [-0.25, -0.2) is 0 Å². The van der Waals surface area contributed by atoms with Gasteiger partial charge in [0.25, 0.3) is 0 Å². The van der Waals surface area contributed by atoms with Gasteiger partial charge in [0.1, 0.15) is 0 Å². The fraction of sp³-hybridized carbons (Fsp3) is 0.833. The van der Waals surface area contributed by atoms with Gasteiger partial charge >= 0.3 is 6.18 Å². The van der Waals surface area contributed by atoms with Crippen molar-refractivity contribution in [3.63, 3.8) is 0 Å². The van der Waals surface area contributed by atoms with Crippen molar-refractivity contribution in [1.82, 2.24) is 0 Å². The Labute approximate surface area is 99.7 Å². The fourth-order valence-corrected chi connectivity index (χ4v) is 2.80. The van der Waals surface area contributed by atoms with Gasteiger partial charge in [0, 0.05) is 0 Å². The molecule has 16 heavy (non-hydrogen) atoms. The molecular weight excluding hydrogens is 233 g/mol. The molecule has 0 saturated heterocycles. The Balaban J connectivity index is 2.49. The first-order chi connectivity index (χ1) is 7.54. The first kappa shape index (κ1) is 13.9. The lowest BCUT2D eigenvalue weighted by atomic mass is 9.87. The van der Waals surface area contributed by atoms with Gasteiger partial charge in [0.2, 0.25) is 0 Å². The second kappa shape index (κ2) is 6.58. The lowest BCUT2D eigenvalue weighted by Gasteiger charge is -2.20. The highest BCUT2D eigenvalue weighted by Crippen LogP contribution is 2.36. The maximum Gasteiger partial charge on any atom is 0.421 e. The van der Waals surface area contributed by atoms with E-state index in [1.807, 2.05) is 0 Å². The first-order valence-corrected chi connectivity index (χ1v) is 6.92. The van der Waals surface area contributed by atoms with Crippen molar-refractivity contribution in [3.8, 4) is 0 Å². The zero-order valence-corrected chi connectivity index (χ0v) is 10.5. The van der Waals surface area contributed by atoms with E-state index >= 15 is 0 Å². The quantitative estimate of drug-likeness (QED) is 0.666. The van der Waals surface area contributed by atoms with Crippen molar-refractivity contribution in [2.75, 3.05) is 5.75 Å². The van der Waals surface area contributed by atoms with Crippen LogP contribution in [-0.4, -0.2) is 11.9 Å². The second-order valence-corrected chi connectivity index (χ2v) is 5.54. The minimum atomic E-state index is -4.16. The molecule has 0 aromatic rings. The van der Waals surface area contributed by atoms with E-state index in [1.165, 1.54) is 25.3 Å². The number of thioether (sulfide) groups is 1. The maximum atomic E-state index is 12.6. The maximum absolute atomic E-state index is 12.6. The summed E-state index contributed by atoms with van der Waals surface area (Å²) >= 11 is 0.908. The van der Waals surface area contributed by atoms with Crippen molar-refractivity contribution in [2.45, 2.75) is 51.6 Å². The van der Waals surface area contributed by atoms with E-state index < -0.39 is 11.1 Å². The standard InChI is InChI=1S/C12H19F3S/c1-2-16-11(12(13,14)15)9-8-10-6-4-3-5-7-10/h9-10H,2-8H2,1H3/b11-9-. The van der Waals surface area contributed by atoms with Crippen LogP contribution in [0.4, 0.5) is 13.2 Å². The van der Waals surface area contributed by atoms with Gasteiger partial charge < -0.3 is 0 Å². The third kappa shape index (κ3) is 4.81. The summed E-state index contributed by atoms with van der Waals surface area (Å²) in [5.74, 6) is 0.958. The average molecular weight is 252 g/mol. The van der Waals surface area contributed by atoms with Crippen LogP contribution in [0.25, 0.3) is 0 Å². The van der Waals surface area contributed by atoms with Crippen LogP contribution in [0.2, 0.25) is 0 Å². The van der Waals surface area contributed by atoms with Gasteiger partial charge in [-0.05, 0) is 18.1 Å². The van der Waals surface area contributed by atoms with Crippen LogP contribution in [0.15, 0.2) is 11.0 Å². The molecule has 0 aromatic heterocycles. The van der Waals surface area contributed by atoms with E-state index in [2.05, 4.69) is 0 Å². The number of alkyl halides is 3. The minimum absolute atomic E-state index is 0.402. The highest BCUT2D eigenvalue weighted by Gasteiger charge is 2.33. The summed E-state index contributed by atoms with van der Waals surface area (Å²) < 4.78 is 37.7. The Morgan fingerprint density at radius 2 is 1.88 bits per heavy atom. The topological polar surface area (TPSA) is 0 Å². The summed E-state index contributed by atoms with van der Waals surface area (Å²) in [5, 5.41) is 0. The monoisotopic (exact) mass is 252 g/mol. The van der Waals surface area contributed by atoms with E-state index in [4.69, 9.17) is 0 Å². The van der Waals surface area contributed by atoms with Crippen molar-refractivity contribution in [3.05, 3.63) is 11.0 Å². The Kier molecular flexibility index (Phi) is 5.73. The number of hydrogen-bond donors (Lipinski definition) is 0. The molecule has 4 heteroatoms. The Hall–Kier alpha value is -0.120. The number of allylic oxidation sites excluding steroid dienone is 2. The van der Waals surface area contributed by atoms with E-state index in [9.17, 15) is 13.2 Å². The Morgan fingerprint density at radius 3 is 2.38 bits per heavy atom. The molecule has 0 atom stereocenters. The molecule has 1 rings (SSSR count). The van der Waals surface area contributed by atoms with Crippen LogP contribution < -0.4 is 0 Å². The number of rotatable bonds is 4. The van der Waals surface area contributed by atoms with Crippen molar-refractivity contribution in [2.24, 2.45) is 5.92 Å². The van der Waals surface area contributed by atoms with E-state index in [1.54, 1.807) is 6.92 Å². The van der Waals surface area contributed by atoms with E-state index in [-0.39, 0.29) is 0 Å². The Morgan fingerprint density at radius 1 is 1.25 bits per heavy atom. The molecule has 0 unspecified atom stereocenters. The van der Waals surface area contributed by atoms with Gasteiger partial charge in [-0.1, -0.05) is 45.1 Å². The molecule has 0 N–H and O–H groups in total. The third-order valence-electron chi connectivity index (χ3n) is 2.94. The molecule has 0 radical (unpaired) electrons. The molecule has 1 fully saturated rings. The SMILES string of the molecule is CCS/C(=C\CC1CCCCC1)C(F)(F)F. The Bertz CT molecular complexity index is 227. The van der Waals surface area contributed by atoms with Crippen LogP contribution in [0, 0.1) is 5.92 Å². The van der Waals surface area contributed by atoms with Crippen LogP contribution in [0.1, 0.15) is 45.4 Å². The highest BCUT2D eigenvalue weighted by atomic mass is 32.2. The van der Waals surface area contributed by atoms with Crippen LogP contribution in [0.5, 0.6) is 0 Å². The summed E-state index contributed by atoms with van der Waals surface area (Å²) in [6.45, 7) is 1.75. The molecule has 0 amide bonds. The summed E-state index contributed by atoms with van der Waals surface area (Å²) in [5.41, 5.74) is 0. The van der Waals surface area contributed by atoms with Crippen LogP contribution in [-0.2, 0) is 0 Å². The fourth-order valence-electron chi connectivity index (χ4n) is 2.11. The lowest BCUT2D eigenvalue weighted by molar-refractivity contribution is -0.0839. The highest BCUT2D eigenvalue weighted by molar-refractivity contribution is 8.03. The summed E-state index contributed by atoms with van der Waals surface area (Å²) in [7, 11) is 0. The summed E-state index contributed by atoms with van der Waals surface area (Å²) in [4.78, 5) is -0.402. The van der Waals surface area contributed by atoms with Crippen molar-refractivity contribution >= 4 is 11.8 Å². The molecule has 0 aromatic carbocycles. The zero-order valence-electron chi connectivity index (χ0n) is 9.65. The second-order valence-electron chi connectivity index (χ2n) is 4.24. The molecule has 1 aliphatic rings. The largest absolute Gasteiger partial charge is 0.421 e. The van der Waals surface area contributed by atoms with E-state index in [0.29, 0.717) is 18.1 Å². The molecule has 0 bridgehead atoms. The van der Waals surface area contributed by atoms with Gasteiger partial charge in [-0.15, -0.1) is 11.8 Å². The first-order valence-electron chi connectivity index (χ1n) is 5.94. The molecule has 1 saturated carbocycles. The summed E-state index contributed by atoms with van der Waals surface area (Å²) in [6, 6.07) is 0. The molecule has 1 aliphatic carbocycles. The molecular formula is C12H19F3S. The minimum Gasteiger partial charge on any atom is -0.166 e. The van der Waals surface area contributed by atoms with Crippen LogP contribution in [0.3, 0.4) is 0 Å². The van der Waals surface area contributed by atoms with Crippen molar-refractivity contribution in [1.29, 1.82) is 0 Å².